The van der Waals surface area contributed by atoms with Crippen LogP contribution in [0.4, 0.5) is 0 Å². The molecule has 96 valence electrons. The molecule has 0 amide bonds. The Morgan fingerprint density at radius 2 is 2.21 bits per heavy atom. The van der Waals surface area contributed by atoms with Gasteiger partial charge in [0.15, 0.2) is 11.5 Å². The number of fused-ring (bicyclic) bond motifs is 2. The molecule has 3 aromatic rings. The molecule has 1 aliphatic rings. The number of rotatable bonds is 2. The number of benzene rings is 1. The summed E-state index contributed by atoms with van der Waals surface area (Å²) >= 11 is 1.65. The van der Waals surface area contributed by atoms with Gasteiger partial charge in [-0.1, -0.05) is 0 Å². The fourth-order valence-electron chi connectivity index (χ4n) is 2.28. The average Bonchev–Trinajstić information content (AvgIpc) is 3.13. The van der Waals surface area contributed by atoms with Gasteiger partial charge in [-0.3, -0.25) is 4.40 Å². The highest BCUT2D eigenvalue weighted by Gasteiger charge is 2.16. The molecule has 1 aromatic carbocycles. The Labute approximate surface area is 113 Å². The Hall–Kier alpha value is -2.05. The monoisotopic (exact) mass is 273 g/mol. The van der Waals surface area contributed by atoms with Crippen LogP contribution in [0.15, 0.2) is 29.8 Å². The zero-order chi connectivity index (χ0) is 12.8. The van der Waals surface area contributed by atoms with Gasteiger partial charge in [0, 0.05) is 10.9 Å². The second kappa shape index (κ2) is 3.97. The molecule has 0 radical (unpaired) electrons. The molecule has 19 heavy (non-hydrogen) atoms. The van der Waals surface area contributed by atoms with E-state index in [0.29, 0.717) is 6.54 Å². The molecule has 4 rings (SSSR count). The minimum absolute atomic E-state index is 0.289. The van der Waals surface area contributed by atoms with Crippen LogP contribution in [0.25, 0.3) is 16.1 Å². The van der Waals surface area contributed by atoms with Gasteiger partial charge in [0.05, 0.1) is 18.4 Å². The number of nitrogens with zero attached hydrogens (tertiary/aromatic N) is 2. The lowest BCUT2D eigenvalue weighted by Gasteiger charge is -2.04. The van der Waals surface area contributed by atoms with Crippen molar-refractivity contribution in [1.82, 2.24) is 9.38 Å². The van der Waals surface area contributed by atoms with Gasteiger partial charge in [-0.15, -0.1) is 11.3 Å². The first-order valence-electron chi connectivity index (χ1n) is 5.91. The number of ether oxygens (including phenoxy) is 2. The van der Waals surface area contributed by atoms with Gasteiger partial charge >= 0.3 is 0 Å². The van der Waals surface area contributed by atoms with E-state index in [1.54, 1.807) is 11.3 Å². The lowest BCUT2D eigenvalue weighted by Crippen LogP contribution is -2.02. The molecule has 2 aromatic heterocycles. The van der Waals surface area contributed by atoms with E-state index in [-0.39, 0.29) is 6.79 Å². The molecule has 1 aliphatic heterocycles. The van der Waals surface area contributed by atoms with E-state index in [1.165, 1.54) is 0 Å². The highest BCUT2D eigenvalue weighted by molar-refractivity contribution is 7.15. The quantitative estimate of drug-likeness (QED) is 0.778. The second-order valence-corrected chi connectivity index (χ2v) is 5.13. The number of aromatic nitrogens is 2. The summed E-state index contributed by atoms with van der Waals surface area (Å²) < 4.78 is 12.8. The van der Waals surface area contributed by atoms with Crippen LogP contribution in [-0.2, 0) is 6.54 Å². The van der Waals surface area contributed by atoms with Gasteiger partial charge in [0.25, 0.3) is 0 Å². The van der Waals surface area contributed by atoms with Crippen LogP contribution in [0.2, 0.25) is 0 Å². The van der Waals surface area contributed by atoms with Crippen LogP contribution in [0, 0.1) is 0 Å². The first kappa shape index (κ1) is 10.8. The highest BCUT2D eigenvalue weighted by atomic mass is 32.1. The van der Waals surface area contributed by atoms with Crippen molar-refractivity contribution in [2.24, 2.45) is 5.73 Å². The third-order valence-electron chi connectivity index (χ3n) is 3.19. The molecule has 0 spiro atoms. The van der Waals surface area contributed by atoms with Crippen LogP contribution in [0.5, 0.6) is 11.5 Å². The number of imidazole rings is 1. The molecule has 6 heteroatoms. The molecule has 0 aliphatic carbocycles. The highest BCUT2D eigenvalue weighted by Crippen LogP contribution is 2.37. The number of thiazole rings is 1. The molecule has 5 nitrogen and oxygen atoms in total. The average molecular weight is 273 g/mol. The summed E-state index contributed by atoms with van der Waals surface area (Å²) in [5.74, 6) is 2.44. The Kier molecular flexibility index (Phi) is 2.27. The molecule has 3 heterocycles. The number of hydrogen-bond acceptors (Lipinski definition) is 5. The molecule has 0 saturated carbocycles. The predicted molar refractivity (Wildman–Crippen MR) is 72.5 cm³/mol. The fraction of sp³-hybridized carbons (Fsp3) is 0.154. The topological polar surface area (TPSA) is 61.8 Å². The molecule has 0 unspecified atom stereocenters. The second-order valence-electron chi connectivity index (χ2n) is 4.24. The van der Waals surface area contributed by atoms with Crippen LogP contribution < -0.4 is 15.2 Å². The zero-order valence-corrected chi connectivity index (χ0v) is 10.8. The maximum absolute atomic E-state index is 5.73. The van der Waals surface area contributed by atoms with Gasteiger partial charge in [-0.25, -0.2) is 4.98 Å². The van der Waals surface area contributed by atoms with Crippen molar-refractivity contribution in [2.75, 3.05) is 6.79 Å². The van der Waals surface area contributed by atoms with Crippen LogP contribution in [0.1, 0.15) is 5.82 Å². The first-order valence-corrected chi connectivity index (χ1v) is 6.78. The predicted octanol–water partition coefficient (Wildman–Crippen LogP) is 2.25. The van der Waals surface area contributed by atoms with Crippen molar-refractivity contribution in [3.05, 3.63) is 35.6 Å². The summed E-state index contributed by atoms with van der Waals surface area (Å²) in [6.07, 6.45) is 1.85. The van der Waals surface area contributed by atoms with Gasteiger partial charge < -0.3 is 15.2 Å². The molecule has 0 saturated heterocycles. The standard InChI is InChI=1S/C13H11N3O2S/c14-4-12-15-5-13-16(12)9(6-19-13)8-1-2-10-11(3-8)18-7-17-10/h1-3,5-6H,4,7,14H2. The molecular weight excluding hydrogens is 262 g/mol. The fourth-order valence-corrected chi connectivity index (χ4v) is 3.18. The Morgan fingerprint density at radius 3 is 3.11 bits per heavy atom. The van der Waals surface area contributed by atoms with E-state index in [1.807, 2.05) is 24.4 Å². The minimum Gasteiger partial charge on any atom is -0.454 e. The maximum atomic E-state index is 5.73. The first-order chi connectivity index (χ1) is 9.36. The normalized spacial score (nSPS) is 13.3. The largest absolute Gasteiger partial charge is 0.454 e. The Balaban J connectivity index is 1.92. The summed E-state index contributed by atoms with van der Waals surface area (Å²) in [7, 11) is 0. The molecule has 0 bridgehead atoms. The van der Waals surface area contributed by atoms with E-state index in [4.69, 9.17) is 15.2 Å². The zero-order valence-electron chi connectivity index (χ0n) is 10.00. The lowest BCUT2D eigenvalue weighted by molar-refractivity contribution is 0.174. The van der Waals surface area contributed by atoms with E-state index in [2.05, 4.69) is 14.8 Å². The van der Waals surface area contributed by atoms with Crippen molar-refractivity contribution in [3.8, 4) is 22.8 Å². The van der Waals surface area contributed by atoms with E-state index < -0.39 is 0 Å². The van der Waals surface area contributed by atoms with Crippen LogP contribution >= 0.6 is 11.3 Å². The van der Waals surface area contributed by atoms with Gasteiger partial charge in [-0.05, 0) is 18.2 Å². The summed E-state index contributed by atoms with van der Waals surface area (Å²) in [5.41, 5.74) is 7.89. The van der Waals surface area contributed by atoms with Crippen molar-refractivity contribution in [1.29, 1.82) is 0 Å². The third kappa shape index (κ3) is 1.54. The smallest absolute Gasteiger partial charge is 0.231 e. The van der Waals surface area contributed by atoms with Gasteiger partial charge in [0.1, 0.15) is 10.7 Å². The van der Waals surface area contributed by atoms with Crippen molar-refractivity contribution in [3.63, 3.8) is 0 Å². The molecular formula is C13H11N3O2S. The Bertz CT molecular complexity index is 762. The van der Waals surface area contributed by atoms with Crippen molar-refractivity contribution >= 4 is 16.2 Å². The van der Waals surface area contributed by atoms with E-state index in [9.17, 15) is 0 Å². The Morgan fingerprint density at radius 1 is 1.32 bits per heavy atom. The summed E-state index contributed by atoms with van der Waals surface area (Å²) in [4.78, 5) is 5.42. The third-order valence-corrected chi connectivity index (χ3v) is 4.06. The minimum atomic E-state index is 0.289. The van der Waals surface area contributed by atoms with E-state index >= 15 is 0 Å². The number of hydrogen-bond donors (Lipinski definition) is 1. The van der Waals surface area contributed by atoms with Gasteiger partial charge in [-0.2, -0.15) is 0 Å². The molecule has 2 N–H and O–H groups in total. The SMILES string of the molecule is NCc1ncc2scc(-c3ccc4c(c3)OCO4)n12. The summed E-state index contributed by atoms with van der Waals surface area (Å²) in [6, 6.07) is 5.94. The van der Waals surface area contributed by atoms with Crippen LogP contribution in [0.3, 0.4) is 0 Å². The lowest BCUT2D eigenvalue weighted by atomic mass is 10.1. The van der Waals surface area contributed by atoms with Crippen LogP contribution in [-0.4, -0.2) is 16.2 Å². The molecule has 0 atom stereocenters. The maximum Gasteiger partial charge on any atom is 0.231 e. The summed E-state index contributed by atoms with van der Waals surface area (Å²) in [6.45, 7) is 0.708. The van der Waals surface area contributed by atoms with E-state index in [0.717, 1.165) is 33.4 Å². The van der Waals surface area contributed by atoms with Gasteiger partial charge in [0.2, 0.25) is 6.79 Å². The van der Waals surface area contributed by atoms with Crippen molar-refractivity contribution < 1.29 is 9.47 Å². The van der Waals surface area contributed by atoms with Crippen molar-refractivity contribution in [2.45, 2.75) is 6.54 Å². The number of nitrogens with two attached hydrogens (primary N) is 1. The molecule has 0 fully saturated rings. The summed E-state index contributed by atoms with van der Waals surface area (Å²) in [5, 5.41) is 2.10.